The molecule has 2 aromatic rings. The number of hydrogen-bond donors (Lipinski definition) is 2. The van der Waals surface area contributed by atoms with Gasteiger partial charge in [0, 0.05) is 16.9 Å². The highest BCUT2D eigenvalue weighted by molar-refractivity contribution is 5.95. The van der Waals surface area contributed by atoms with E-state index in [1.807, 2.05) is 26.0 Å². The molecule has 2 rings (SSSR count). The predicted octanol–water partition coefficient (Wildman–Crippen LogP) is 3.56. The zero-order chi connectivity index (χ0) is 16.1. The van der Waals surface area contributed by atoms with Gasteiger partial charge in [0.15, 0.2) is 5.78 Å². The third-order valence-corrected chi connectivity index (χ3v) is 3.25. The Morgan fingerprint density at radius 2 is 1.50 bits per heavy atom. The average molecular weight is 296 g/mol. The van der Waals surface area contributed by atoms with Gasteiger partial charge in [-0.25, -0.2) is 0 Å². The smallest absolute Gasteiger partial charge is 0.243 e. The standard InChI is InChI=1S/C18H20N2O2/c1-12-8-13(2)10-17(9-12)20-18(22)11-19-16-6-4-15(5-7-16)14(3)21/h4-10,19H,11H2,1-3H3,(H,20,22). The molecule has 0 aliphatic carbocycles. The maximum Gasteiger partial charge on any atom is 0.243 e. The van der Waals surface area contributed by atoms with Crippen LogP contribution in [0.4, 0.5) is 11.4 Å². The molecule has 4 heteroatoms. The first-order valence-corrected chi connectivity index (χ1v) is 7.17. The zero-order valence-electron chi connectivity index (χ0n) is 13.1. The van der Waals surface area contributed by atoms with Gasteiger partial charge in [0.25, 0.3) is 0 Å². The number of aryl methyl sites for hydroxylation is 2. The van der Waals surface area contributed by atoms with Crippen molar-refractivity contribution in [2.45, 2.75) is 20.8 Å². The van der Waals surface area contributed by atoms with Crippen LogP contribution in [-0.2, 0) is 4.79 Å². The van der Waals surface area contributed by atoms with E-state index in [2.05, 4.69) is 16.7 Å². The zero-order valence-corrected chi connectivity index (χ0v) is 13.1. The highest BCUT2D eigenvalue weighted by Gasteiger charge is 2.04. The Balaban J connectivity index is 1.91. The van der Waals surface area contributed by atoms with Gasteiger partial charge in [-0.3, -0.25) is 9.59 Å². The molecule has 22 heavy (non-hydrogen) atoms. The number of anilines is 2. The van der Waals surface area contributed by atoms with Crippen LogP contribution in [0.2, 0.25) is 0 Å². The molecule has 0 saturated carbocycles. The molecule has 0 aliphatic heterocycles. The molecule has 0 aliphatic rings. The summed E-state index contributed by atoms with van der Waals surface area (Å²) in [4.78, 5) is 23.2. The Morgan fingerprint density at radius 3 is 2.05 bits per heavy atom. The van der Waals surface area contributed by atoms with Crippen molar-refractivity contribution >= 4 is 23.1 Å². The summed E-state index contributed by atoms with van der Waals surface area (Å²) in [6, 6.07) is 13.0. The lowest BCUT2D eigenvalue weighted by atomic mass is 10.1. The van der Waals surface area contributed by atoms with E-state index in [0.717, 1.165) is 22.5 Å². The monoisotopic (exact) mass is 296 g/mol. The largest absolute Gasteiger partial charge is 0.376 e. The molecule has 2 N–H and O–H groups in total. The third-order valence-electron chi connectivity index (χ3n) is 3.25. The van der Waals surface area contributed by atoms with Crippen molar-refractivity contribution in [1.29, 1.82) is 0 Å². The van der Waals surface area contributed by atoms with Crippen molar-refractivity contribution in [3.05, 3.63) is 59.2 Å². The number of carbonyl (C=O) groups excluding carboxylic acids is 2. The Kier molecular flexibility index (Phi) is 4.94. The fraction of sp³-hybridized carbons (Fsp3) is 0.222. The molecule has 0 fully saturated rings. The van der Waals surface area contributed by atoms with Crippen molar-refractivity contribution in [2.75, 3.05) is 17.2 Å². The molecule has 114 valence electrons. The minimum atomic E-state index is -0.111. The van der Waals surface area contributed by atoms with Crippen LogP contribution in [0.1, 0.15) is 28.4 Å². The lowest BCUT2D eigenvalue weighted by Gasteiger charge is -2.09. The molecule has 0 bridgehead atoms. The Hall–Kier alpha value is -2.62. The van der Waals surface area contributed by atoms with E-state index in [1.54, 1.807) is 24.3 Å². The highest BCUT2D eigenvalue weighted by atomic mass is 16.2. The van der Waals surface area contributed by atoms with Crippen LogP contribution in [0.15, 0.2) is 42.5 Å². The molecule has 0 heterocycles. The van der Waals surface area contributed by atoms with E-state index in [0.29, 0.717) is 5.56 Å². The van der Waals surface area contributed by atoms with Crippen LogP contribution in [0.3, 0.4) is 0 Å². The average Bonchev–Trinajstić information content (AvgIpc) is 2.44. The number of benzene rings is 2. The summed E-state index contributed by atoms with van der Waals surface area (Å²) >= 11 is 0. The quantitative estimate of drug-likeness (QED) is 0.829. The summed E-state index contributed by atoms with van der Waals surface area (Å²) in [5.74, 6) is -0.0836. The summed E-state index contributed by atoms with van der Waals surface area (Å²) < 4.78 is 0. The van der Waals surface area contributed by atoms with E-state index in [9.17, 15) is 9.59 Å². The van der Waals surface area contributed by atoms with Gasteiger partial charge in [-0.15, -0.1) is 0 Å². The first-order chi connectivity index (χ1) is 10.4. The SMILES string of the molecule is CC(=O)c1ccc(NCC(=O)Nc2cc(C)cc(C)c2)cc1. The second kappa shape index (κ2) is 6.89. The maximum atomic E-state index is 12.0. The van der Waals surface area contributed by atoms with Crippen LogP contribution in [0.25, 0.3) is 0 Å². The van der Waals surface area contributed by atoms with E-state index in [-0.39, 0.29) is 18.2 Å². The molecule has 4 nitrogen and oxygen atoms in total. The third kappa shape index (κ3) is 4.45. The molecular formula is C18H20N2O2. The molecule has 0 aromatic heterocycles. The van der Waals surface area contributed by atoms with Crippen LogP contribution in [0.5, 0.6) is 0 Å². The number of amides is 1. The number of hydrogen-bond acceptors (Lipinski definition) is 3. The molecule has 2 aromatic carbocycles. The van der Waals surface area contributed by atoms with Crippen LogP contribution >= 0.6 is 0 Å². The second-order valence-electron chi connectivity index (χ2n) is 5.41. The molecule has 0 radical (unpaired) electrons. The first kappa shape index (κ1) is 15.8. The predicted molar refractivity (Wildman–Crippen MR) is 89.5 cm³/mol. The summed E-state index contributed by atoms with van der Waals surface area (Å²) in [5.41, 5.74) is 4.49. The van der Waals surface area contributed by atoms with Crippen molar-refractivity contribution in [3.63, 3.8) is 0 Å². The molecule has 1 amide bonds. The van der Waals surface area contributed by atoms with Gasteiger partial charge in [0.2, 0.25) is 5.91 Å². The van der Waals surface area contributed by atoms with Crippen LogP contribution in [-0.4, -0.2) is 18.2 Å². The van der Waals surface area contributed by atoms with E-state index in [1.165, 1.54) is 6.92 Å². The Bertz CT molecular complexity index is 670. The second-order valence-corrected chi connectivity index (χ2v) is 5.41. The van der Waals surface area contributed by atoms with Gasteiger partial charge in [0.05, 0.1) is 6.54 Å². The van der Waals surface area contributed by atoms with Gasteiger partial charge in [-0.2, -0.15) is 0 Å². The fourth-order valence-corrected chi connectivity index (χ4v) is 2.26. The summed E-state index contributed by atoms with van der Waals surface area (Å²) in [6.07, 6.45) is 0. The summed E-state index contributed by atoms with van der Waals surface area (Å²) in [6.45, 7) is 5.70. The molecule has 0 unspecified atom stereocenters. The first-order valence-electron chi connectivity index (χ1n) is 7.17. The topological polar surface area (TPSA) is 58.2 Å². The van der Waals surface area contributed by atoms with E-state index in [4.69, 9.17) is 0 Å². The number of carbonyl (C=O) groups is 2. The fourth-order valence-electron chi connectivity index (χ4n) is 2.26. The Morgan fingerprint density at radius 1 is 0.909 bits per heavy atom. The van der Waals surface area contributed by atoms with Gasteiger partial charge in [-0.05, 0) is 68.3 Å². The van der Waals surface area contributed by atoms with E-state index >= 15 is 0 Å². The molecule has 0 spiro atoms. The maximum absolute atomic E-state index is 12.0. The Labute approximate surface area is 130 Å². The lowest BCUT2D eigenvalue weighted by Crippen LogP contribution is -2.21. The summed E-state index contributed by atoms with van der Waals surface area (Å²) in [5, 5.41) is 5.90. The molecule has 0 saturated heterocycles. The minimum absolute atomic E-state index is 0.0270. The van der Waals surface area contributed by atoms with Crippen LogP contribution < -0.4 is 10.6 Å². The lowest BCUT2D eigenvalue weighted by molar-refractivity contribution is -0.114. The normalized spacial score (nSPS) is 10.1. The van der Waals surface area contributed by atoms with Crippen LogP contribution in [0, 0.1) is 13.8 Å². The van der Waals surface area contributed by atoms with E-state index < -0.39 is 0 Å². The number of ketones is 1. The van der Waals surface area contributed by atoms with Crippen molar-refractivity contribution in [2.24, 2.45) is 0 Å². The van der Waals surface area contributed by atoms with Gasteiger partial charge < -0.3 is 10.6 Å². The van der Waals surface area contributed by atoms with Gasteiger partial charge in [-0.1, -0.05) is 6.07 Å². The number of nitrogens with one attached hydrogen (secondary N) is 2. The minimum Gasteiger partial charge on any atom is -0.376 e. The molecular weight excluding hydrogens is 276 g/mol. The van der Waals surface area contributed by atoms with Crippen molar-refractivity contribution in [3.8, 4) is 0 Å². The number of Topliss-reactive ketones (excluding diaryl/α,β-unsaturated/α-hetero) is 1. The summed E-state index contributed by atoms with van der Waals surface area (Å²) in [7, 11) is 0. The number of rotatable bonds is 5. The van der Waals surface area contributed by atoms with Crippen molar-refractivity contribution in [1.82, 2.24) is 0 Å². The van der Waals surface area contributed by atoms with Gasteiger partial charge >= 0.3 is 0 Å². The van der Waals surface area contributed by atoms with Gasteiger partial charge in [0.1, 0.15) is 0 Å². The van der Waals surface area contributed by atoms with Crippen molar-refractivity contribution < 1.29 is 9.59 Å². The highest BCUT2D eigenvalue weighted by Crippen LogP contribution is 2.14. The molecule has 0 atom stereocenters.